The fourth-order valence-corrected chi connectivity index (χ4v) is 1.29. The van der Waals surface area contributed by atoms with E-state index in [1.54, 1.807) is 0 Å². The van der Waals surface area contributed by atoms with E-state index in [1.165, 1.54) is 18.3 Å². The van der Waals surface area contributed by atoms with Crippen molar-refractivity contribution in [3.05, 3.63) is 53.3 Å². The van der Waals surface area contributed by atoms with Gasteiger partial charge in [-0.05, 0) is 18.2 Å². The Balaban J connectivity index is 2.30. The number of halogens is 3. The molecule has 16 heavy (non-hydrogen) atoms. The molecule has 0 atom stereocenters. The van der Waals surface area contributed by atoms with Gasteiger partial charge >= 0.3 is 0 Å². The molecule has 0 aliphatic carbocycles. The fourth-order valence-electron chi connectivity index (χ4n) is 1.13. The Labute approximate surface area is 95.5 Å². The van der Waals surface area contributed by atoms with E-state index in [4.69, 9.17) is 16.3 Å². The third kappa shape index (κ3) is 2.46. The number of ether oxygens (including phenoxy) is 1. The van der Waals surface area contributed by atoms with E-state index in [-0.39, 0.29) is 10.9 Å². The van der Waals surface area contributed by atoms with Crippen LogP contribution in [0.1, 0.15) is 0 Å². The predicted molar refractivity (Wildman–Crippen MR) is 55.7 cm³/mol. The van der Waals surface area contributed by atoms with Gasteiger partial charge in [0.2, 0.25) is 0 Å². The van der Waals surface area contributed by atoms with Crippen LogP contribution in [0.25, 0.3) is 0 Å². The molecular weight excluding hydrogens is 236 g/mol. The van der Waals surface area contributed by atoms with Crippen LogP contribution in [-0.2, 0) is 0 Å². The van der Waals surface area contributed by atoms with Crippen molar-refractivity contribution in [1.82, 2.24) is 4.98 Å². The van der Waals surface area contributed by atoms with Crippen molar-refractivity contribution in [2.24, 2.45) is 0 Å². The summed E-state index contributed by atoms with van der Waals surface area (Å²) in [5.41, 5.74) is 0. The second kappa shape index (κ2) is 4.45. The highest BCUT2D eigenvalue weighted by atomic mass is 35.5. The second-order valence-corrected chi connectivity index (χ2v) is 3.38. The van der Waals surface area contributed by atoms with Crippen LogP contribution in [0, 0.1) is 11.6 Å². The Morgan fingerprint density at radius 1 is 1.12 bits per heavy atom. The normalized spacial score (nSPS) is 10.2. The molecule has 0 fully saturated rings. The Kier molecular flexibility index (Phi) is 3.01. The first-order valence-corrected chi connectivity index (χ1v) is 4.77. The van der Waals surface area contributed by atoms with E-state index < -0.39 is 11.6 Å². The van der Waals surface area contributed by atoms with Gasteiger partial charge in [0.25, 0.3) is 0 Å². The molecule has 2 aromatic rings. The molecule has 0 unspecified atom stereocenters. The first-order chi connectivity index (χ1) is 7.65. The number of nitrogens with zero attached hydrogens (tertiary/aromatic N) is 1. The van der Waals surface area contributed by atoms with E-state index in [2.05, 4.69) is 4.98 Å². The highest BCUT2D eigenvalue weighted by Crippen LogP contribution is 2.25. The van der Waals surface area contributed by atoms with Crippen LogP contribution < -0.4 is 4.74 Å². The van der Waals surface area contributed by atoms with Crippen LogP contribution >= 0.6 is 11.6 Å². The molecule has 2 rings (SSSR count). The van der Waals surface area contributed by atoms with Crippen LogP contribution in [0.5, 0.6) is 11.5 Å². The van der Waals surface area contributed by atoms with Gasteiger partial charge in [-0.15, -0.1) is 0 Å². The molecule has 1 heterocycles. The lowest BCUT2D eigenvalue weighted by atomic mass is 10.3. The number of aromatic nitrogens is 1. The summed E-state index contributed by atoms with van der Waals surface area (Å²) in [4.78, 5) is 3.74. The summed E-state index contributed by atoms with van der Waals surface area (Å²) in [6, 6.07) is 5.88. The summed E-state index contributed by atoms with van der Waals surface area (Å²) in [5, 5.41) is 0.217. The Hall–Kier alpha value is -1.68. The van der Waals surface area contributed by atoms with E-state index in [0.29, 0.717) is 5.75 Å². The average Bonchev–Trinajstić information content (AvgIpc) is 2.24. The summed E-state index contributed by atoms with van der Waals surface area (Å²) in [7, 11) is 0. The molecule has 2 nitrogen and oxygen atoms in total. The maximum atomic E-state index is 13.2. The molecule has 0 aliphatic heterocycles. The molecule has 1 aromatic heterocycles. The van der Waals surface area contributed by atoms with Crippen molar-refractivity contribution >= 4 is 11.6 Å². The van der Waals surface area contributed by atoms with Gasteiger partial charge in [-0.1, -0.05) is 11.6 Å². The van der Waals surface area contributed by atoms with E-state index in [9.17, 15) is 8.78 Å². The standard InChI is InChI=1S/C11H6ClF2NO/c12-11-6-8(3-4-15-11)16-10-5-7(13)1-2-9(10)14/h1-6H. The fraction of sp³-hybridized carbons (Fsp3) is 0. The number of benzene rings is 1. The first-order valence-electron chi connectivity index (χ1n) is 4.39. The number of pyridine rings is 1. The van der Waals surface area contributed by atoms with E-state index in [0.717, 1.165) is 18.2 Å². The molecule has 1 aromatic carbocycles. The van der Waals surface area contributed by atoms with E-state index in [1.807, 2.05) is 0 Å². The van der Waals surface area contributed by atoms with Gasteiger partial charge < -0.3 is 4.74 Å². The Morgan fingerprint density at radius 2 is 1.94 bits per heavy atom. The lowest BCUT2D eigenvalue weighted by Gasteiger charge is -2.06. The SMILES string of the molecule is Fc1ccc(F)c(Oc2ccnc(Cl)c2)c1. The lowest BCUT2D eigenvalue weighted by molar-refractivity contribution is 0.436. The number of rotatable bonds is 2. The predicted octanol–water partition coefficient (Wildman–Crippen LogP) is 3.81. The zero-order valence-corrected chi connectivity index (χ0v) is 8.71. The van der Waals surface area contributed by atoms with Gasteiger partial charge in [0, 0.05) is 18.3 Å². The van der Waals surface area contributed by atoms with Crippen molar-refractivity contribution in [1.29, 1.82) is 0 Å². The van der Waals surface area contributed by atoms with Gasteiger partial charge in [0.05, 0.1) is 0 Å². The monoisotopic (exact) mass is 241 g/mol. The molecule has 5 heteroatoms. The van der Waals surface area contributed by atoms with Crippen molar-refractivity contribution in [3.63, 3.8) is 0 Å². The maximum Gasteiger partial charge on any atom is 0.165 e. The first kappa shape index (κ1) is 10.8. The van der Waals surface area contributed by atoms with Crippen molar-refractivity contribution < 1.29 is 13.5 Å². The van der Waals surface area contributed by atoms with Gasteiger partial charge in [-0.3, -0.25) is 0 Å². The molecule has 82 valence electrons. The summed E-state index contributed by atoms with van der Waals surface area (Å²) in [6.07, 6.45) is 1.41. The quantitative estimate of drug-likeness (QED) is 0.746. The highest BCUT2D eigenvalue weighted by Gasteiger charge is 2.06. The molecule has 0 radical (unpaired) electrons. The smallest absolute Gasteiger partial charge is 0.165 e. The summed E-state index contributed by atoms with van der Waals surface area (Å²) < 4.78 is 31.2. The van der Waals surface area contributed by atoms with Gasteiger partial charge in [-0.25, -0.2) is 13.8 Å². The van der Waals surface area contributed by atoms with Crippen LogP contribution in [0.15, 0.2) is 36.5 Å². The highest BCUT2D eigenvalue weighted by molar-refractivity contribution is 6.29. The lowest BCUT2D eigenvalue weighted by Crippen LogP contribution is -1.90. The molecular formula is C11H6ClF2NO. The molecule has 0 saturated carbocycles. The second-order valence-electron chi connectivity index (χ2n) is 2.99. The van der Waals surface area contributed by atoms with Crippen LogP contribution in [-0.4, -0.2) is 4.98 Å². The minimum Gasteiger partial charge on any atom is -0.454 e. The Morgan fingerprint density at radius 3 is 2.69 bits per heavy atom. The Bertz CT molecular complexity index is 519. The van der Waals surface area contributed by atoms with Gasteiger partial charge in [0.1, 0.15) is 16.7 Å². The largest absolute Gasteiger partial charge is 0.454 e. The van der Waals surface area contributed by atoms with Crippen LogP contribution in [0.3, 0.4) is 0 Å². The molecule has 0 aliphatic rings. The molecule has 0 saturated heterocycles. The molecule has 0 N–H and O–H groups in total. The minimum absolute atomic E-state index is 0.192. The molecule has 0 bridgehead atoms. The average molecular weight is 242 g/mol. The third-order valence-electron chi connectivity index (χ3n) is 1.82. The minimum atomic E-state index is -0.644. The zero-order valence-electron chi connectivity index (χ0n) is 7.95. The zero-order chi connectivity index (χ0) is 11.5. The van der Waals surface area contributed by atoms with Crippen LogP contribution in [0.2, 0.25) is 5.15 Å². The van der Waals surface area contributed by atoms with E-state index >= 15 is 0 Å². The number of hydrogen-bond donors (Lipinski definition) is 0. The van der Waals surface area contributed by atoms with Crippen molar-refractivity contribution in [2.45, 2.75) is 0 Å². The van der Waals surface area contributed by atoms with Crippen molar-refractivity contribution in [3.8, 4) is 11.5 Å². The van der Waals surface area contributed by atoms with Crippen LogP contribution in [0.4, 0.5) is 8.78 Å². The van der Waals surface area contributed by atoms with Gasteiger partial charge in [0.15, 0.2) is 11.6 Å². The summed E-state index contributed by atoms with van der Waals surface area (Å²) in [5.74, 6) is -1.11. The van der Waals surface area contributed by atoms with Crippen molar-refractivity contribution in [2.75, 3.05) is 0 Å². The maximum absolute atomic E-state index is 13.2. The third-order valence-corrected chi connectivity index (χ3v) is 2.03. The molecule has 0 amide bonds. The molecule has 0 spiro atoms. The summed E-state index contributed by atoms with van der Waals surface area (Å²) >= 11 is 5.62. The number of hydrogen-bond acceptors (Lipinski definition) is 2. The topological polar surface area (TPSA) is 22.1 Å². The van der Waals surface area contributed by atoms with Gasteiger partial charge in [-0.2, -0.15) is 0 Å². The summed E-state index contributed by atoms with van der Waals surface area (Å²) in [6.45, 7) is 0.